The number of nitrogens with zero attached hydrogens (tertiary/aromatic N) is 1. The zero-order valence-electron chi connectivity index (χ0n) is 12.0. The highest BCUT2D eigenvalue weighted by atomic mass is 19.1. The van der Waals surface area contributed by atoms with E-state index < -0.39 is 6.10 Å². The van der Waals surface area contributed by atoms with E-state index in [-0.39, 0.29) is 11.7 Å². The van der Waals surface area contributed by atoms with Crippen LogP contribution in [0.5, 0.6) is 5.75 Å². The molecule has 1 unspecified atom stereocenters. The molecular formula is C17H16FNO2. The molecule has 4 heteroatoms. The molecule has 0 saturated carbocycles. The van der Waals surface area contributed by atoms with Gasteiger partial charge < -0.3 is 9.64 Å². The van der Waals surface area contributed by atoms with Crippen LogP contribution >= 0.6 is 0 Å². The second kappa shape index (κ2) is 5.20. The van der Waals surface area contributed by atoms with Gasteiger partial charge in [-0.1, -0.05) is 24.3 Å². The number of fused-ring (bicyclic) bond motifs is 1. The van der Waals surface area contributed by atoms with Gasteiger partial charge >= 0.3 is 0 Å². The number of carbonyl (C=O) groups excluding carboxylic acids is 1. The van der Waals surface area contributed by atoms with Crippen LogP contribution in [0, 0.1) is 12.7 Å². The number of rotatable bonds is 1. The molecular weight excluding hydrogens is 269 g/mol. The number of amides is 1. The number of para-hydroxylation sites is 1. The number of anilines is 1. The molecule has 1 amide bonds. The summed E-state index contributed by atoms with van der Waals surface area (Å²) < 4.78 is 19.5. The first-order valence-corrected chi connectivity index (χ1v) is 6.89. The van der Waals surface area contributed by atoms with E-state index in [0.717, 1.165) is 5.56 Å². The Morgan fingerprint density at radius 2 is 1.95 bits per heavy atom. The summed E-state index contributed by atoms with van der Waals surface area (Å²) in [6, 6.07) is 12.3. The summed E-state index contributed by atoms with van der Waals surface area (Å²) in [6.07, 6.45) is -0.601. The highest BCUT2D eigenvalue weighted by molar-refractivity contribution is 5.97. The SMILES string of the molecule is Cc1c(F)cccc1N1Cc2ccccc2OC(C)C1=O. The number of hydrogen-bond donors (Lipinski definition) is 0. The van der Waals surface area contributed by atoms with Crippen molar-refractivity contribution in [2.75, 3.05) is 4.90 Å². The quantitative estimate of drug-likeness (QED) is 0.803. The van der Waals surface area contributed by atoms with E-state index in [1.165, 1.54) is 6.07 Å². The molecule has 0 aromatic heterocycles. The summed E-state index contributed by atoms with van der Waals surface area (Å²) >= 11 is 0. The van der Waals surface area contributed by atoms with Crippen LogP contribution < -0.4 is 9.64 Å². The summed E-state index contributed by atoms with van der Waals surface area (Å²) in [7, 11) is 0. The van der Waals surface area contributed by atoms with E-state index in [2.05, 4.69) is 0 Å². The van der Waals surface area contributed by atoms with Crippen LogP contribution in [0.15, 0.2) is 42.5 Å². The zero-order valence-corrected chi connectivity index (χ0v) is 12.0. The zero-order chi connectivity index (χ0) is 15.0. The number of hydrogen-bond acceptors (Lipinski definition) is 2. The smallest absolute Gasteiger partial charge is 0.268 e. The highest BCUT2D eigenvalue weighted by Crippen LogP contribution is 2.31. The normalized spacial score (nSPS) is 18.0. The lowest BCUT2D eigenvalue weighted by atomic mass is 10.1. The van der Waals surface area contributed by atoms with Crippen molar-refractivity contribution in [3.05, 3.63) is 59.4 Å². The van der Waals surface area contributed by atoms with Crippen LogP contribution in [0.4, 0.5) is 10.1 Å². The van der Waals surface area contributed by atoms with Crippen LogP contribution in [-0.4, -0.2) is 12.0 Å². The van der Waals surface area contributed by atoms with Crippen LogP contribution in [0.2, 0.25) is 0 Å². The fraction of sp³-hybridized carbons (Fsp3) is 0.235. The Bertz CT molecular complexity index is 699. The lowest BCUT2D eigenvalue weighted by Gasteiger charge is -2.24. The number of halogens is 1. The van der Waals surface area contributed by atoms with Crippen molar-refractivity contribution in [3.63, 3.8) is 0 Å². The van der Waals surface area contributed by atoms with Crippen molar-refractivity contribution < 1.29 is 13.9 Å². The average Bonchev–Trinajstić information content (AvgIpc) is 2.60. The van der Waals surface area contributed by atoms with Gasteiger partial charge in [0.05, 0.1) is 6.54 Å². The minimum absolute atomic E-state index is 0.167. The topological polar surface area (TPSA) is 29.5 Å². The first kappa shape index (κ1) is 13.6. The first-order valence-electron chi connectivity index (χ1n) is 6.89. The molecule has 3 rings (SSSR count). The number of benzene rings is 2. The monoisotopic (exact) mass is 285 g/mol. The van der Waals surface area contributed by atoms with Crippen molar-refractivity contribution in [2.24, 2.45) is 0 Å². The maximum absolute atomic E-state index is 13.8. The summed E-state index contributed by atoms with van der Waals surface area (Å²) in [4.78, 5) is 14.1. The van der Waals surface area contributed by atoms with Gasteiger partial charge in [0.15, 0.2) is 6.10 Å². The lowest BCUT2D eigenvalue weighted by Crippen LogP contribution is -2.38. The molecule has 1 atom stereocenters. The Balaban J connectivity index is 2.09. The second-order valence-electron chi connectivity index (χ2n) is 5.18. The number of ether oxygens (including phenoxy) is 1. The Morgan fingerprint density at radius 3 is 2.76 bits per heavy atom. The van der Waals surface area contributed by atoms with Crippen molar-refractivity contribution in [1.29, 1.82) is 0 Å². The summed E-state index contributed by atoms with van der Waals surface area (Å²) in [5.41, 5.74) is 1.98. The first-order chi connectivity index (χ1) is 10.1. The predicted molar refractivity (Wildman–Crippen MR) is 78.9 cm³/mol. The van der Waals surface area contributed by atoms with Gasteiger partial charge in [-0.15, -0.1) is 0 Å². The number of carbonyl (C=O) groups is 1. The van der Waals surface area contributed by atoms with E-state index in [1.807, 2.05) is 24.3 Å². The van der Waals surface area contributed by atoms with Gasteiger partial charge in [0.2, 0.25) is 0 Å². The summed E-state index contributed by atoms with van der Waals surface area (Å²) in [5.74, 6) is 0.223. The third-order valence-electron chi connectivity index (χ3n) is 3.75. The van der Waals surface area contributed by atoms with E-state index in [0.29, 0.717) is 23.5 Å². The molecule has 2 aromatic carbocycles. The van der Waals surface area contributed by atoms with Crippen molar-refractivity contribution >= 4 is 11.6 Å². The average molecular weight is 285 g/mol. The molecule has 1 heterocycles. The standard InChI is InChI=1S/C17H16FNO2/c1-11-14(18)7-5-8-15(11)19-10-13-6-3-4-9-16(13)21-12(2)17(19)20/h3-9,12H,10H2,1-2H3. The Hall–Kier alpha value is -2.36. The second-order valence-corrected chi connectivity index (χ2v) is 5.18. The third-order valence-corrected chi connectivity index (χ3v) is 3.75. The molecule has 108 valence electrons. The fourth-order valence-electron chi connectivity index (χ4n) is 2.55. The molecule has 0 bridgehead atoms. The lowest BCUT2D eigenvalue weighted by molar-refractivity contribution is -0.124. The molecule has 0 N–H and O–H groups in total. The Morgan fingerprint density at radius 1 is 1.19 bits per heavy atom. The van der Waals surface area contributed by atoms with Crippen molar-refractivity contribution in [1.82, 2.24) is 0 Å². The molecule has 0 fully saturated rings. The van der Waals surface area contributed by atoms with Crippen LogP contribution in [-0.2, 0) is 11.3 Å². The Kier molecular flexibility index (Phi) is 3.37. The Labute approximate surface area is 123 Å². The summed E-state index contributed by atoms with van der Waals surface area (Å²) in [5, 5.41) is 0. The molecule has 0 radical (unpaired) electrons. The minimum Gasteiger partial charge on any atom is -0.481 e. The van der Waals surface area contributed by atoms with Crippen LogP contribution in [0.3, 0.4) is 0 Å². The molecule has 0 saturated heterocycles. The van der Waals surface area contributed by atoms with Gasteiger partial charge in [-0.3, -0.25) is 4.79 Å². The molecule has 1 aliphatic rings. The van der Waals surface area contributed by atoms with E-state index in [1.54, 1.807) is 30.9 Å². The van der Waals surface area contributed by atoms with Crippen molar-refractivity contribution in [3.8, 4) is 5.75 Å². The molecule has 2 aromatic rings. The van der Waals surface area contributed by atoms with Crippen molar-refractivity contribution in [2.45, 2.75) is 26.5 Å². The molecule has 1 aliphatic heterocycles. The fourth-order valence-corrected chi connectivity index (χ4v) is 2.55. The molecule has 3 nitrogen and oxygen atoms in total. The molecule has 0 aliphatic carbocycles. The van der Waals surface area contributed by atoms with Gasteiger partial charge in [-0.2, -0.15) is 0 Å². The highest BCUT2D eigenvalue weighted by Gasteiger charge is 2.29. The molecule has 0 spiro atoms. The van der Waals surface area contributed by atoms with Gasteiger partial charge in [-0.05, 0) is 32.0 Å². The van der Waals surface area contributed by atoms with E-state index in [4.69, 9.17) is 4.74 Å². The molecule has 21 heavy (non-hydrogen) atoms. The van der Waals surface area contributed by atoms with E-state index >= 15 is 0 Å². The van der Waals surface area contributed by atoms with Gasteiger partial charge in [0.1, 0.15) is 11.6 Å². The maximum Gasteiger partial charge on any atom is 0.268 e. The largest absolute Gasteiger partial charge is 0.481 e. The predicted octanol–water partition coefficient (Wildman–Crippen LogP) is 3.45. The van der Waals surface area contributed by atoms with E-state index in [9.17, 15) is 9.18 Å². The minimum atomic E-state index is -0.601. The summed E-state index contributed by atoms with van der Waals surface area (Å²) in [6.45, 7) is 3.77. The van der Waals surface area contributed by atoms with Crippen LogP contribution in [0.1, 0.15) is 18.1 Å². The maximum atomic E-state index is 13.8. The third kappa shape index (κ3) is 2.37. The van der Waals surface area contributed by atoms with Gasteiger partial charge in [0, 0.05) is 16.8 Å². The van der Waals surface area contributed by atoms with Gasteiger partial charge in [-0.25, -0.2) is 4.39 Å². The van der Waals surface area contributed by atoms with Gasteiger partial charge in [0.25, 0.3) is 5.91 Å². The van der Waals surface area contributed by atoms with Crippen LogP contribution in [0.25, 0.3) is 0 Å².